The summed E-state index contributed by atoms with van der Waals surface area (Å²) in [6, 6.07) is 0. The molecule has 4 heteroatoms. The Morgan fingerprint density at radius 1 is 1.67 bits per heavy atom. The molecule has 0 N–H and O–H groups in total. The van der Waals surface area contributed by atoms with Crippen LogP contribution in [-0.2, 0) is 9.53 Å². The van der Waals surface area contributed by atoms with Gasteiger partial charge >= 0.3 is 5.97 Å². The Bertz CT molecular complexity index is 288. The van der Waals surface area contributed by atoms with Gasteiger partial charge in [-0.3, -0.25) is 0 Å². The first-order chi connectivity index (χ1) is 5.74. The molecular weight excluding hydrogens is 156 g/mol. The fraction of sp³-hybridized carbons (Fsp3) is 0.250. The molecule has 0 aliphatic rings. The molecule has 0 fully saturated rings. The molecule has 4 nitrogen and oxygen atoms in total. The standard InChI is InChI=1S/C8H10N2O2/c1-7(5-8(11)12-2)10-4-3-9-6-10/h3-6H,1-2H3/b7-5-. The van der Waals surface area contributed by atoms with Gasteiger partial charge in [0.15, 0.2) is 0 Å². The highest BCUT2D eigenvalue weighted by Gasteiger charge is 1.97. The van der Waals surface area contributed by atoms with E-state index in [1.165, 1.54) is 13.2 Å². The van der Waals surface area contributed by atoms with Gasteiger partial charge < -0.3 is 9.30 Å². The maximum Gasteiger partial charge on any atom is 0.332 e. The second-order valence-electron chi connectivity index (χ2n) is 2.28. The molecule has 0 aliphatic carbocycles. The van der Waals surface area contributed by atoms with Crippen molar-refractivity contribution < 1.29 is 9.53 Å². The quantitative estimate of drug-likeness (QED) is 0.484. The van der Waals surface area contributed by atoms with Crippen LogP contribution in [0.1, 0.15) is 6.92 Å². The van der Waals surface area contributed by atoms with Crippen molar-refractivity contribution >= 4 is 11.7 Å². The van der Waals surface area contributed by atoms with E-state index in [-0.39, 0.29) is 5.97 Å². The Morgan fingerprint density at radius 3 is 2.92 bits per heavy atom. The van der Waals surface area contributed by atoms with Gasteiger partial charge in [-0.2, -0.15) is 0 Å². The lowest BCUT2D eigenvalue weighted by atomic mass is 10.4. The Morgan fingerprint density at radius 2 is 2.42 bits per heavy atom. The van der Waals surface area contributed by atoms with E-state index in [1.807, 2.05) is 0 Å². The van der Waals surface area contributed by atoms with E-state index in [0.29, 0.717) is 0 Å². The van der Waals surface area contributed by atoms with Gasteiger partial charge in [0, 0.05) is 24.2 Å². The van der Waals surface area contributed by atoms with Gasteiger partial charge in [0.1, 0.15) is 0 Å². The first-order valence-electron chi connectivity index (χ1n) is 3.48. The summed E-state index contributed by atoms with van der Waals surface area (Å²) in [5.41, 5.74) is 0.777. The molecule has 1 rings (SSSR count). The third kappa shape index (κ3) is 1.95. The zero-order valence-electron chi connectivity index (χ0n) is 7.02. The molecule has 0 saturated heterocycles. The van der Waals surface area contributed by atoms with Crippen molar-refractivity contribution in [3.05, 3.63) is 24.8 Å². The maximum absolute atomic E-state index is 10.8. The van der Waals surface area contributed by atoms with Crippen molar-refractivity contribution in [2.24, 2.45) is 0 Å². The monoisotopic (exact) mass is 166 g/mol. The molecule has 0 saturated carbocycles. The number of hydrogen-bond donors (Lipinski definition) is 0. The number of ether oxygens (including phenoxy) is 1. The van der Waals surface area contributed by atoms with Gasteiger partial charge in [-0.05, 0) is 6.92 Å². The molecule has 0 bridgehead atoms. The Labute approximate surface area is 70.5 Å². The van der Waals surface area contributed by atoms with Crippen molar-refractivity contribution in [2.75, 3.05) is 7.11 Å². The fourth-order valence-corrected chi connectivity index (χ4v) is 0.772. The summed E-state index contributed by atoms with van der Waals surface area (Å²) in [6.45, 7) is 1.80. The van der Waals surface area contributed by atoms with Crippen LogP contribution in [0.15, 0.2) is 24.8 Å². The molecule has 1 aromatic rings. The van der Waals surface area contributed by atoms with E-state index in [1.54, 1.807) is 30.2 Å². The molecule has 0 aliphatic heterocycles. The summed E-state index contributed by atoms with van der Waals surface area (Å²) in [4.78, 5) is 14.6. The molecule has 0 aromatic carbocycles. The third-order valence-electron chi connectivity index (χ3n) is 1.44. The van der Waals surface area contributed by atoms with Crippen LogP contribution in [0.25, 0.3) is 5.70 Å². The van der Waals surface area contributed by atoms with Crippen LogP contribution in [0.2, 0.25) is 0 Å². The summed E-state index contributed by atoms with van der Waals surface area (Å²) >= 11 is 0. The van der Waals surface area contributed by atoms with Gasteiger partial charge in [0.2, 0.25) is 0 Å². The fourth-order valence-electron chi connectivity index (χ4n) is 0.772. The minimum Gasteiger partial charge on any atom is -0.466 e. The summed E-state index contributed by atoms with van der Waals surface area (Å²) < 4.78 is 6.20. The Kier molecular flexibility index (Phi) is 2.63. The molecule has 12 heavy (non-hydrogen) atoms. The summed E-state index contributed by atoms with van der Waals surface area (Å²) in [5, 5.41) is 0. The normalized spacial score (nSPS) is 11.3. The largest absolute Gasteiger partial charge is 0.466 e. The highest BCUT2D eigenvalue weighted by atomic mass is 16.5. The molecule has 0 radical (unpaired) electrons. The number of carbonyl (C=O) groups excluding carboxylic acids is 1. The topological polar surface area (TPSA) is 44.1 Å². The van der Waals surface area contributed by atoms with E-state index in [9.17, 15) is 4.79 Å². The van der Waals surface area contributed by atoms with Crippen LogP contribution >= 0.6 is 0 Å². The zero-order valence-corrected chi connectivity index (χ0v) is 7.02. The lowest BCUT2D eigenvalue weighted by Crippen LogP contribution is -1.98. The van der Waals surface area contributed by atoms with Crippen molar-refractivity contribution in [1.29, 1.82) is 0 Å². The Hall–Kier alpha value is -1.58. The average molecular weight is 166 g/mol. The van der Waals surface area contributed by atoms with Crippen LogP contribution in [0.5, 0.6) is 0 Å². The van der Waals surface area contributed by atoms with Crippen LogP contribution in [0.3, 0.4) is 0 Å². The minimum absolute atomic E-state index is 0.360. The smallest absolute Gasteiger partial charge is 0.332 e. The number of carbonyl (C=O) groups is 1. The summed E-state index contributed by atoms with van der Waals surface area (Å²) in [5.74, 6) is -0.360. The maximum atomic E-state index is 10.8. The second kappa shape index (κ2) is 3.71. The predicted octanol–water partition coefficient (Wildman–Crippen LogP) is 0.917. The average Bonchev–Trinajstić information content (AvgIpc) is 2.56. The molecular formula is C8H10N2O2. The van der Waals surface area contributed by atoms with E-state index in [2.05, 4.69) is 9.72 Å². The lowest BCUT2D eigenvalue weighted by Gasteiger charge is -1.99. The number of esters is 1. The van der Waals surface area contributed by atoms with E-state index in [0.717, 1.165) is 5.70 Å². The molecule has 1 heterocycles. The Balaban J connectivity index is 2.77. The predicted molar refractivity (Wildman–Crippen MR) is 44.2 cm³/mol. The first-order valence-corrected chi connectivity index (χ1v) is 3.48. The van der Waals surface area contributed by atoms with Crippen LogP contribution < -0.4 is 0 Å². The SMILES string of the molecule is COC(=O)/C=C(/C)n1ccnc1. The van der Waals surface area contributed by atoms with Crippen molar-refractivity contribution in [3.8, 4) is 0 Å². The molecule has 0 spiro atoms. The number of hydrogen-bond acceptors (Lipinski definition) is 3. The van der Waals surface area contributed by atoms with E-state index in [4.69, 9.17) is 0 Å². The molecule has 0 amide bonds. The number of nitrogens with zero attached hydrogens (tertiary/aromatic N) is 2. The highest BCUT2D eigenvalue weighted by molar-refractivity contribution is 5.87. The van der Waals surface area contributed by atoms with Gasteiger partial charge in [-0.1, -0.05) is 0 Å². The molecule has 0 unspecified atom stereocenters. The van der Waals surface area contributed by atoms with Gasteiger partial charge in [-0.25, -0.2) is 9.78 Å². The van der Waals surface area contributed by atoms with E-state index < -0.39 is 0 Å². The summed E-state index contributed by atoms with van der Waals surface area (Å²) in [7, 11) is 1.35. The van der Waals surface area contributed by atoms with Gasteiger partial charge in [0.05, 0.1) is 13.4 Å². The second-order valence-corrected chi connectivity index (χ2v) is 2.28. The van der Waals surface area contributed by atoms with E-state index >= 15 is 0 Å². The highest BCUT2D eigenvalue weighted by Crippen LogP contribution is 2.01. The number of rotatable bonds is 2. The summed E-state index contributed by atoms with van der Waals surface area (Å²) in [6.07, 6.45) is 6.43. The van der Waals surface area contributed by atoms with Crippen LogP contribution in [0, 0.1) is 0 Å². The molecule has 1 aromatic heterocycles. The lowest BCUT2D eigenvalue weighted by molar-refractivity contribution is -0.134. The van der Waals surface area contributed by atoms with Crippen molar-refractivity contribution in [2.45, 2.75) is 6.92 Å². The third-order valence-corrected chi connectivity index (χ3v) is 1.44. The molecule has 64 valence electrons. The molecule has 0 atom stereocenters. The van der Waals surface area contributed by atoms with Crippen molar-refractivity contribution in [1.82, 2.24) is 9.55 Å². The van der Waals surface area contributed by atoms with Crippen molar-refractivity contribution in [3.63, 3.8) is 0 Å². The minimum atomic E-state index is -0.360. The number of imidazole rings is 1. The number of allylic oxidation sites excluding steroid dienone is 1. The van der Waals surface area contributed by atoms with Gasteiger partial charge in [-0.15, -0.1) is 0 Å². The zero-order chi connectivity index (χ0) is 8.97. The number of aromatic nitrogens is 2. The first kappa shape index (κ1) is 8.52. The van der Waals surface area contributed by atoms with Crippen LogP contribution in [0.4, 0.5) is 0 Å². The van der Waals surface area contributed by atoms with Crippen LogP contribution in [-0.4, -0.2) is 22.6 Å². The number of methoxy groups -OCH3 is 1. The van der Waals surface area contributed by atoms with Gasteiger partial charge in [0.25, 0.3) is 0 Å².